The second kappa shape index (κ2) is 9.12. The zero-order valence-electron chi connectivity index (χ0n) is 17.7. The van der Waals surface area contributed by atoms with Crippen LogP contribution >= 0.6 is 0 Å². The van der Waals surface area contributed by atoms with Gasteiger partial charge in [-0.1, -0.05) is 13.8 Å². The van der Waals surface area contributed by atoms with E-state index < -0.39 is 0 Å². The zero-order chi connectivity index (χ0) is 21.0. The molecule has 2 aromatic rings. The normalized spacial score (nSPS) is 13.6. The molecule has 0 fully saturated rings. The molecule has 0 aromatic heterocycles. The first kappa shape index (κ1) is 20.9. The van der Waals surface area contributed by atoms with Gasteiger partial charge in [0.2, 0.25) is 5.91 Å². The van der Waals surface area contributed by atoms with E-state index in [0.717, 1.165) is 35.7 Å². The molecular formula is C24H30N2O3. The van der Waals surface area contributed by atoms with E-state index in [0.29, 0.717) is 24.3 Å². The SMILES string of the molecule is CC(C)CCN1C(=O)CCc2cc(NC(=O)c3ccc(OC(C)C)cc3)ccc21. The van der Waals surface area contributed by atoms with Crippen molar-refractivity contribution in [2.75, 3.05) is 16.8 Å². The first-order valence-electron chi connectivity index (χ1n) is 10.3. The summed E-state index contributed by atoms with van der Waals surface area (Å²) in [5.41, 5.74) is 3.39. The van der Waals surface area contributed by atoms with Gasteiger partial charge in [0.15, 0.2) is 0 Å². The van der Waals surface area contributed by atoms with Crippen molar-refractivity contribution in [1.29, 1.82) is 0 Å². The summed E-state index contributed by atoms with van der Waals surface area (Å²) < 4.78 is 5.62. The van der Waals surface area contributed by atoms with Crippen LogP contribution in [0.3, 0.4) is 0 Å². The molecular weight excluding hydrogens is 364 g/mol. The number of ether oxygens (including phenoxy) is 1. The molecule has 154 valence electrons. The van der Waals surface area contributed by atoms with Gasteiger partial charge in [0, 0.05) is 29.9 Å². The Morgan fingerprint density at radius 1 is 1.07 bits per heavy atom. The number of anilines is 2. The lowest BCUT2D eigenvalue weighted by Gasteiger charge is -2.30. The van der Waals surface area contributed by atoms with Crippen LogP contribution in [0.25, 0.3) is 0 Å². The van der Waals surface area contributed by atoms with Crippen LogP contribution in [0.2, 0.25) is 0 Å². The average Bonchev–Trinajstić information content (AvgIpc) is 2.67. The van der Waals surface area contributed by atoms with E-state index in [1.165, 1.54) is 0 Å². The number of benzene rings is 2. The molecule has 0 unspecified atom stereocenters. The molecule has 0 atom stereocenters. The number of hydrogen-bond donors (Lipinski definition) is 1. The van der Waals surface area contributed by atoms with Crippen LogP contribution in [0.5, 0.6) is 5.75 Å². The molecule has 1 N–H and O–H groups in total. The second-order valence-corrected chi connectivity index (χ2v) is 8.22. The summed E-state index contributed by atoms with van der Waals surface area (Å²) in [6.45, 7) is 8.99. The van der Waals surface area contributed by atoms with Crippen LogP contribution < -0.4 is 15.0 Å². The summed E-state index contributed by atoms with van der Waals surface area (Å²) >= 11 is 0. The summed E-state index contributed by atoms with van der Waals surface area (Å²) in [6.07, 6.45) is 2.29. The fourth-order valence-corrected chi connectivity index (χ4v) is 3.43. The molecule has 5 heteroatoms. The lowest BCUT2D eigenvalue weighted by Crippen LogP contribution is -2.36. The minimum Gasteiger partial charge on any atom is -0.491 e. The molecule has 0 saturated carbocycles. The minimum atomic E-state index is -0.162. The highest BCUT2D eigenvalue weighted by Crippen LogP contribution is 2.31. The van der Waals surface area contributed by atoms with Crippen molar-refractivity contribution in [3.63, 3.8) is 0 Å². The Kier molecular flexibility index (Phi) is 6.57. The molecule has 1 aliphatic rings. The topological polar surface area (TPSA) is 58.6 Å². The molecule has 0 radical (unpaired) electrons. The molecule has 0 spiro atoms. The number of carbonyl (C=O) groups excluding carboxylic acids is 2. The number of fused-ring (bicyclic) bond motifs is 1. The molecule has 0 aliphatic carbocycles. The van der Waals surface area contributed by atoms with Crippen molar-refractivity contribution in [2.45, 2.75) is 53.1 Å². The third kappa shape index (κ3) is 5.37. The van der Waals surface area contributed by atoms with Gasteiger partial charge in [0.05, 0.1) is 6.10 Å². The van der Waals surface area contributed by atoms with Crippen molar-refractivity contribution in [1.82, 2.24) is 0 Å². The zero-order valence-corrected chi connectivity index (χ0v) is 17.7. The maximum absolute atomic E-state index is 12.6. The van der Waals surface area contributed by atoms with Crippen molar-refractivity contribution < 1.29 is 14.3 Å². The van der Waals surface area contributed by atoms with Gasteiger partial charge in [-0.15, -0.1) is 0 Å². The molecule has 2 aromatic carbocycles. The predicted molar refractivity (Wildman–Crippen MR) is 117 cm³/mol. The van der Waals surface area contributed by atoms with E-state index in [1.807, 2.05) is 36.9 Å². The third-order valence-electron chi connectivity index (χ3n) is 4.96. The minimum absolute atomic E-state index is 0.0946. The van der Waals surface area contributed by atoms with E-state index in [9.17, 15) is 9.59 Å². The summed E-state index contributed by atoms with van der Waals surface area (Å²) in [5, 5.41) is 2.96. The Bertz CT molecular complexity index is 872. The van der Waals surface area contributed by atoms with Crippen LogP contribution in [0.1, 0.15) is 56.5 Å². The van der Waals surface area contributed by atoms with Gasteiger partial charge in [-0.05, 0) is 80.6 Å². The van der Waals surface area contributed by atoms with Gasteiger partial charge in [0.1, 0.15) is 5.75 Å². The highest BCUT2D eigenvalue weighted by Gasteiger charge is 2.24. The predicted octanol–water partition coefficient (Wildman–Crippen LogP) is 5.05. The molecule has 0 bridgehead atoms. The maximum Gasteiger partial charge on any atom is 0.255 e. The van der Waals surface area contributed by atoms with Gasteiger partial charge in [-0.25, -0.2) is 0 Å². The number of rotatable bonds is 7. The number of amides is 2. The highest BCUT2D eigenvalue weighted by molar-refractivity contribution is 6.05. The first-order chi connectivity index (χ1) is 13.8. The summed E-state index contributed by atoms with van der Waals surface area (Å²) in [5.74, 6) is 1.31. The van der Waals surface area contributed by atoms with Gasteiger partial charge < -0.3 is 15.0 Å². The fraction of sp³-hybridized carbons (Fsp3) is 0.417. The fourth-order valence-electron chi connectivity index (χ4n) is 3.43. The smallest absolute Gasteiger partial charge is 0.255 e. The van der Waals surface area contributed by atoms with Crippen LogP contribution in [0, 0.1) is 5.92 Å². The van der Waals surface area contributed by atoms with E-state index >= 15 is 0 Å². The average molecular weight is 395 g/mol. The van der Waals surface area contributed by atoms with Crippen molar-refractivity contribution in [3.8, 4) is 5.75 Å². The van der Waals surface area contributed by atoms with Crippen LogP contribution in [0.4, 0.5) is 11.4 Å². The van der Waals surface area contributed by atoms with Crippen LogP contribution in [-0.4, -0.2) is 24.5 Å². The van der Waals surface area contributed by atoms with E-state index in [1.54, 1.807) is 24.3 Å². The van der Waals surface area contributed by atoms with E-state index in [4.69, 9.17) is 4.74 Å². The Morgan fingerprint density at radius 3 is 2.45 bits per heavy atom. The Morgan fingerprint density at radius 2 is 1.79 bits per heavy atom. The lowest BCUT2D eigenvalue weighted by atomic mass is 9.99. The number of aryl methyl sites for hydroxylation is 1. The van der Waals surface area contributed by atoms with Gasteiger partial charge in [-0.3, -0.25) is 9.59 Å². The molecule has 2 amide bonds. The largest absolute Gasteiger partial charge is 0.491 e. The molecule has 1 aliphatic heterocycles. The van der Waals surface area contributed by atoms with Gasteiger partial charge in [-0.2, -0.15) is 0 Å². The monoisotopic (exact) mass is 394 g/mol. The van der Waals surface area contributed by atoms with Crippen LogP contribution in [-0.2, 0) is 11.2 Å². The lowest BCUT2D eigenvalue weighted by molar-refractivity contribution is -0.118. The van der Waals surface area contributed by atoms with Crippen molar-refractivity contribution >= 4 is 23.2 Å². The Hall–Kier alpha value is -2.82. The Balaban J connectivity index is 1.71. The van der Waals surface area contributed by atoms with Gasteiger partial charge in [0.25, 0.3) is 5.91 Å². The van der Waals surface area contributed by atoms with E-state index in [-0.39, 0.29) is 17.9 Å². The standard InChI is InChI=1S/C24H30N2O3/c1-16(2)13-14-26-22-11-8-20(15-19(22)7-12-23(26)27)25-24(28)18-5-9-21(10-6-18)29-17(3)4/h5-6,8-11,15-17H,7,12-14H2,1-4H3,(H,25,28). The second-order valence-electron chi connectivity index (χ2n) is 8.22. The first-order valence-corrected chi connectivity index (χ1v) is 10.3. The van der Waals surface area contributed by atoms with E-state index in [2.05, 4.69) is 19.2 Å². The molecule has 3 rings (SSSR count). The Labute approximate surface area is 173 Å². The molecule has 0 saturated heterocycles. The number of hydrogen-bond acceptors (Lipinski definition) is 3. The number of nitrogens with zero attached hydrogens (tertiary/aromatic N) is 1. The van der Waals surface area contributed by atoms with Crippen molar-refractivity contribution in [2.24, 2.45) is 5.92 Å². The maximum atomic E-state index is 12.6. The quantitative estimate of drug-likeness (QED) is 0.715. The summed E-state index contributed by atoms with van der Waals surface area (Å²) in [7, 11) is 0. The van der Waals surface area contributed by atoms with Crippen LogP contribution in [0.15, 0.2) is 42.5 Å². The number of nitrogens with one attached hydrogen (secondary N) is 1. The molecule has 5 nitrogen and oxygen atoms in total. The molecule has 1 heterocycles. The van der Waals surface area contributed by atoms with Gasteiger partial charge >= 0.3 is 0 Å². The summed E-state index contributed by atoms with van der Waals surface area (Å²) in [6, 6.07) is 12.9. The highest BCUT2D eigenvalue weighted by atomic mass is 16.5. The number of carbonyl (C=O) groups is 2. The third-order valence-corrected chi connectivity index (χ3v) is 4.96. The molecule has 29 heavy (non-hydrogen) atoms. The summed E-state index contributed by atoms with van der Waals surface area (Å²) in [4.78, 5) is 26.8. The van der Waals surface area contributed by atoms with Crippen molar-refractivity contribution in [3.05, 3.63) is 53.6 Å².